The maximum absolute atomic E-state index is 13.9. The molecule has 7 heteroatoms. The Balaban J connectivity index is 2.69. The fraction of sp³-hybridized carbons (Fsp3) is 0.0769. The number of hydrogen-bond donors (Lipinski definition) is 2. The lowest BCUT2D eigenvalue weighted by atomic mass is 10.1. The number of pyridine rings is 1. The van der Waals surface area contributed by atoms with Gasteiger partial charge in [0.1, 0.15) is 23.1 Å². The average Bonchev–Trinajstić information content (AvgIpc) is 2.41. The molecule has 1 aromatic heterocycles. The molecule has 0 aliphatic carbocycles. The summed E-state index contributed by atoms with van der Waals surface area (Å²) in [6.07, 6.45) is 0. The lowest BCUT2D eigenvalue weighted by Crippen LogP contribution is -2.16. The van der Waals surface area contributed by atoms with E-state index >= 15 is 0 Å². The minimum atomic E-state index is -1.04. The van der Waals surface area contributed by atoms with E-state index in [1.54, 1.807) is 0 Å². The second-order valence-corrected chi connectivity index (χ2v) is 3.96. The Labute approximate surface area is 111 Å². The van der Waals surface area contributed by atoms with E-state index in [1.165, 1.54) is 0 Å². The summed E-state index contributed by atoms with van der Waals surface area (Å²) in [4.78, 5) is 14.7. The SMILES string of the molecule is NC(=O)c1cc(F)c(-c2cc(F)ccc2F)nc1CO. The van der Waals surface area contributed by atoms with Gasteiger partial charge >= 0.3 is 0 Å². The number of benzene rings is 1. The van der Waals surface area contributed by atoms with Gasteiger partial charge in [0.15, 0.2) is 0 Å². The van der Waals surface area contributed by atoms with Gasteiger partial charge in [0, 0.05) is 5.56 Å². The van der Waals surface area contributed by atoms with Gasteiger partial charge in [0.25, 0.3) is 5.91 Å². The number of carbonyl (C=O) groups excluding carboxylic acids is 1. The maximum atomic E-state index is 13.9. The standard InChI is InChI=1S/C13H9F3N2O2/c14-6-1-2-9(15)7(3-6)12-10(16)4-8(13(17)20)11(5-19)18-12/h1-4,19H,5H2,(H2,17,20). The molecule has 0 saturated heterocycles. The van der Waals surface area contributed by atoms with Gasteiger partial charge in [-0.2, -0.15) is 0 Å². The number of hydrogen-bond acceptors (Lipinski definition) is 3. The van der Waals surface area contributed by atoms with Gasteiger partial charge in [-0.1, -0.05) is 0 Å². The quantitative estimate of drug-likeness (QED) is 0.900. The Hall–Kier alpha value is -2.41. The van der Waals surface area contributed by atoms with Crippen molar-refractivity contribution in [2.24, 2.45) is 5.73 Å². The van der Waals surface area contributed by atoms with E-state index in [9.17, 15) is 18.0 Å². The van der Waals surface area contributed by atoms with Gasteiger partial charge < -0.3 is 10.8 Å². The van der Waals surface area contributed by atoms with Crippen LogP contribution in [0.5, 0.6) is 0 Å². The lowest BCUT2D eigenvalue weighted by Gasteiger charge is -2.09. The number of rotatable bonds is 3. The Morgan fingerprint density at radius 3 is 2.50 bits per heavy atom. The van der Waals surface area contributed by atoms with Crippen LogP contribution < -0.4 is 5.73 Å². The number of halogens is 3. The highest BCUT2D eigenvalue weighted by Gasteiger charge is 2.18. The molecule has 0 atom stereocenters. The molecule has 0 aliphatic heterocycles. The first kappa shape index (κ1) is 14.0. The molecule has 0 aliphatic rings. The number of aliphatic hydroxyl groups is 1. The van der Waals surface area contributed by atoms with Crippen LogP contribution in [0.2, 0.25) is 0 Å². The smallest absolute Gasteiger partial charge is 0.250 e. The van der Waals surface area contributed by atoms with Crippen molar-refractivity contribution < 1.29 is 23.1 Å². The van der Waals surface area contributed by atoms with E-state index in [-0.39, 0.29) is 11.3 Å². The van der Waals surface area contributed by atoms with E-state index in [4.69, 9.17) is 10.8 Å². The number of amides is 1. The van der Waals surface area contributed by atoms with Crippen LogP contribution in [0.1, 0.15) is 16.1 Å². The van der Waals surface area contributed by atoms with Crippen molar-refractivity contribution in [2.75, 3.05) is 0 Å². The summed E-state index contributed by atoms with van der Waals surface area (Å²) in [7, 11) is 0. The highest BCUT2D eigenvalue weighted by Crippen LogP contribution is 2.26. The molecule has 0 unspecified atom stereocenters. The number of nitrogens with two attached hydrogens (primary N) is 1. The number of nitrogens with zero attached hydrogens (tertiary/aromatic N) is 1. The first-order chi connectivity index (χ1) is 9.43. The Morgan fingerprint density at radius 1 is 1.20 bits per heavy atom. The third kappa shape index (κ3) is 2.48. The van der Waals surface area contributed by atoms with Crippen molar-refractivity contribution in [3.8, 4) is 11.3 Å². The van der Waals surface area contributed by atoms with E-state index in [0.717, 1.165) is 24.3 Å². The Morgan fingerprint density at radius 2 is 1.90 bits per heavy atom. The summed E-state index contributed by atoms with van der Waals surface area (Å²) in [5, 5.41) is 9.09. The van der Waals surface area contributed by atoms with E-state index in [0.29, 0.717) is 0 Å². The van der Waals surface area contributed by atoms with Crippen LogP contribution in [0.25, 0.3) is 11.3 Å². The first-order valence-corrected chi connectivity index (χ1v) is 5.49. The zero-order valence-corrected chi connectivity index (χ0v) is 10.0. The molecule has 0 radical (unpaired) electrons. The molecular weight excluding hydrogens is 273 g/mol. The number of carbonyl (C=O) groups is 1. The van der Waals surface area contributed by atoms with Crippen molar-refractivity contribution in [3.63, 3.8) is 0 Å². The number of aromatic nitrogens is 1. The molecule has 0 bridgehead atoms. The summed E-state index contributed by atoms with van der Waals surface area (Å²) in [5.41, 5.74) is 3.57. The van der Waals surface area contributed by atoms with Crippen molar-refractivity contribution in [2.45, 2.75) is 6.61 Å². The van der Waals surface area contributed by atoms with Crippen molar-refractivity contribution >= 4 is 5.91 Å². The second kappa shape index (κ2) is 5.30. The third-order valence-corrected chi connectivity index (χ3v) is 2.65. The fourth-order valence-electron chi connectivity index (χ4n) is 1.73. The van der Waals surface area contributed by atoms with Crippen LogP contribution in [0, 0.1) is 17.5 Å². The highest BCUT2D eigenvalue weighted by molar-refractivity contribution is 5.94. The molecule has 104 valence electrons. The monoisotopic (exact) mass is 282 g/mol. The second-order valence-electron chi connectivity index (χ2n) is 3.96. The van der Waals surface area contributed by atoms with Crippen molar-refractivity contribution in [1.82, 2.24) is 4.98 Å². The van der Waals surface area contributed by atoms with Crippen LogP contribution in [-0.4, -0.2) is 16.0 Å². The van der Waals surface area contributed by atoms with Gasteiger partial charge in [-0.3, -0.25) is 4.79 Å². The summed E-state index contributed by atoms with van der Waals surface area (Å²) in [6.45, 7) is -0.692. The van der Waals surface area contributed by atoms with Gasteiger partial charge in [-0.25, -0.2) is 18.2 Å². The predicted molar refractivity (Wildman–Crippen MR) is 64.0 cm³/mol. The van der Waals surface area contributed by atoms with Crippen LogP contribution in [0.4, 0.5) is 13.2 Å². The summed E-state index contributed by atoms with van der Waals surface area (Å²) in [5.74, 6) is -3.67. The largest absolute Gasteiger partial charge is 0.390 e. The fourth-order valence-corrected chi connectivity index (χ4v) is 1.73. The number of primary amides is 1. The zero-order valence-electron chi connectivity index (χ0n) is 10.0. The van der Waals surface area contributed by atoms with Crippen molar-refractivity contribution in [1.29, 1.82) is 0 Å². The van der Waals surface area contributed by atoms with E-state index in [1.807, 2.05) is 0 Å². The Kier molecular flexibility index (Phi) is 3.71. The van der Waals surface area contributed by atoms with Gasteiger partial charge in [0.2, 0.25) is 0 Å². The summed E-state index contributed by atoms with van der Waals surface area (Å²) in [6, 6.07) is 3.21. The van der Waals surface area contributed by atoms with Gasteiger partial charge in [-0.15, -0.1) is 0 Å². The molecule has 1 amide bonds. The highest BCUT2D eigenvalue weighted by atomic mass is 19.1. The zero-order chi connectivity index (χ0) is 14.9. The third-order valence-electron chi connectivity index (χ3n) is 2.65. The molecule has 2 aromatic rings. The molecule has 2 rings (SSSR count). The summed E-state index contributed by atoms with van der Waals surface area (Å²) < 4.78 is 40.6. The minimum Gasteiger partial charge on any atom is -0.390 e. The van der Waals surface area contributed by atoms with Gasteiger partial charge in [-0.05, 0) is 24.3 Å². The molecule has 0 spiro atoms. The molecule has 1 heterocycles. The van der Waals surface area contributed by atoms with E-state index < -0.39 is 41.2 Å². The topological polar surface area (TPSA) is 76.2 Å². The van der Waals surface area contributed by atoms with Crippen molar-refractivity contribution in [3.05, 3.63) is 53.0 Å². The van der Waals surface area contributed by atoms with Crippen LogP contribution >= 0.6 is 0 Å². The molecular formula is C13H9F3N2O2. The molecule has 20 heavy (non-hydrogen) atoms. The van der Waals surface area contributed by atoms with Crippen LogP contribution in [0.15, 0.2) is 24.3 Å². The normalized spacial score (nSPS) is 10.6. The summed E-state index contributed by atoms with van der Waals surface area (Å²) >= 11 is 0. The molecule has 3 N–H and O–H groups in total. The molecule has 4 nitrogen and oxygen atoms in total. The first-order valence-electron chi connectivity index (χ1n) is 5.49. The van der Waals surface area contributed by atoms with E-state index in [2.05, 4.69) is 4.98 Å². The van der Waals surface area contributed by atoms with Crippen LogP contribution in [0.3, 0.4) is 0 Å². The van der Waals surface area contributed by atoms with Crippen LogP contribution in [-0.2, 0) is 6.61 Å². The molecule has 1 aromatic carbocycles. The lowest BCUT2D eigenvalue weighted by molar-refractivity contribution is 0.0996. The minimum absolute atomic E-state index is 0.211. The predicted octanol–water partition coefficient (Wildman–Crippen LogP) is 1.76. The molecule has 0 saturated carbocycles. The maximum Gasteiger partial charge on any atom is 0.250 e. The Bertz CT molecular complexity index is 690. The number of aliphatic hydroxyl groups excluding tert-OH is 1. The van der Waals surface area contributed by atoms with Gasteiger partial charge in [0.05, 0.1) is 17.9 Å². The molecule has 0 fully saturated rings. The average molecular weight is 282 g/mol.